The molecule has 0 aliphatic heterocycles. The predicted octanol–water partition coefficient (Wildman–Crippen LogP) is -1.37. The van der Waals surface area contributed by atoms with Crippen molar-refractivity contribution < 1.29 is 55.8 Å². The maximum Gasteiger partial charge on any atom is 1.00 e. The van der Waals surface area contributed by atoms with Crippen molar-refractivity contribution in [3.8, 4) is 6.19 Å². The molecule has 0 spiro atoms. The average Bonchev–Trinajstić information content (AvgIpc) is 2.09. The molecule has 0 amide bonds. The molecule has 0 aliphatic rings. The van der Waals surface area contributed by atoms with Gasteiger partial charge in [0.2, 0.25) is 6.19 Å². The van der Waals surface area contributed by atoms with Gasteiger partial charge in [0.15, 0.2) is 0 Å². The molecule has 0 unspecified atom stereocenters. The van der Waals surface area contributed by atoms with E-state index in [9.17, 15) is 4.39 Å². The minimum atomic E-state index is -0.325. The quantitative estimate of drug-likeness (QED) is 0.214. The first kappa shape index (κ1) is 14.0. The normalized spacial score (nSPS) is 9.86. The van der Waals surface area contributed by atoms with Crippen LogP contribution in [0.15, 0.2) is 29.3 Å². The fourth-order valence-corrected chi connectivity index (χ4v) is 0.889. The van der Waals surface area contributed by atoms with Gasteiger partial charge in [-0.3, -0.25) is 0 Å². The first-order chi connectivity index (χ1) is 6.22. The summed E-state index contributed by atoms with van der Waals surface area (Å²) in [5.41, 5.74) is 0.602. The van der Waals surface area contributed by atoms with Crippen LogP contribution in [0, 0.1) is 17.3 Å². The van der Waals surface area contributed by atoms with E-state index in [-0.39, 0.29) is 62.4 Å². The van der Waals surface area contributed by atoms with Gasteiger partial charge in [0.1, 0.15) is 5.82 Å². The molecule has 1 rings (SSSR count). The van der Waals surface area contributed by atoms with Gasteiger partial charge in [-0.2, -0.15) is 10.3 Å². The van der Waals surface area contributed by atoms with Gasteiger partial charge in [-0.1, -0.05) is 0 Å². The Morgan fingerprint density at radius 1 is 1.43 bits per heavy atom. The number of nitrogens with one attached hydrogen (secondary N) is 1. The van der Waals surface area contributed by atoms with Crippen LogP contribution in [0.5, 0.6) is 0 Å². The number of aliphatic imine (C=N–C) groups is 1. The number of benzene rings is 1. The van der Waals surface area contributed by atoms with Gasteiger partial charge in [-0.15, -0.1) is 0 Å². The molecular weight excluding hydrogens is 228 g/mol. The largest absolute Gasteiger partial charge is 1.00 e. The fourth-order valence-electron chi connectivity index (χ4n) is 0.730. The Labute approximate surface area is 129 Å². The van der Waals surface area contributed by atoms with E-state index in [0.717, 1.165) is 0 Å². The number of anilines is 1. The Balaban J connectivity index is 0.00000169. The van der Waals surface area contributed by atoms with Crippen LogP contribution in [-0.2, 0) is 12.6 Å². The van der Waals surface area contributed by atoms with Crippen LogP contribution in [-0.4, -0.2) is 5.17 Å². The van der Waals surface area contributed by atoms with Crippen LogP contribution < -0.4 is 56.7 Å². The van der Waals surface area contributed by atoms with E-state index < -0.39 is 0 Å². The van der Waals surface area contributed by atoms with Crippen LogP contribution >= 0.6 is 0 Å². The first-order valence-corrected chi connectivity index (χ1v) is 3.79. The molecule has 0 fully saturated rings. The van der Waals surface area contributed by atoms with Crippen molar-refractivity contribution in [2.45, 2.75) is 0 Å². The van der Waals surface area contributed by atoms with Crippen molar-refractivity contribution in [1.29, 1.82) is 5.26 Å². The molecule has 0 saturated carbocycles. The molecule has 3 nitrogen and oxygen atoms in total. The van der Waals surface area contributed by atoms with Crippen LogP contribution in [0.25, 0.3) is 0 Å². The number of rotatable bonds is 1. The van der Waals surface area contributed by atoms with Gasteiger partial charge in [-0.25, -0.2) is 4.39 Å². The summed E-state index contributed by atoms with van der Waals surface area (Å²) in [6.45, 7) is 0. The molecule has 0 saturated heterocycles. The van der Waals surface area contributed by atoms with Crippen LogP contribution in [0.4, 0.5) is 10.1 Å². The van der Waals surface area contributed by atoms with Gasteiger partial charge in [0.25, 0.3) is 0 Å². The topological polar surface area (TPSA) is 48.2 Å². The minimum absolute atomic E-state index is 0. The summed E-state index contributed by atoms with van der Waals surface area (Å²) in [5, 5.41) is 10.9. The van der Waals surface area contributed by atoms with Gasteiger partial charge in [-0.05, 0) is 29.4 Å². The zero-order valence-electron chi connectivity index (χ0n) is 7.49. The second-order valence-electron chi connectivity index (χ2n) is 2.15. The van der Waals surface area contributed by atoms with Crippen molar-refractivity contribution >= 4 is 23.5 Å². The second kappa shape index (κ2) is 7.28. The molecule has 0 aromatic heterocycles. The van der Waals surface area contributed by atoms with E-state index in [1.807, 2.05) is 0 Å². The van der Waals surface area contributed by atoms with Crippen LogP contribution in [0.3, 0.4) is 0 Å². The zero-order valence-corrected chi connectivity index (χ0v) is 11.4. The Kier molecular flexibility index (Phi) is 7.27. The molecule has 14 heavy (non-hydrogen) atoms. The molecule has 66 valence electrons. The van der Waals surface area contributed by atoms with Gasteiger partial charge in [0, 0.05) is 5.69 Å². The van der Waals surface area contributed by atoms with Gasteiger partial charge in [0.05, 0.1) is 0 Å². The molecule has 1 N–H and O–H groups in total. The van der Waals surface area contributed by atoms with Crippen molar-refractivity contribution in [2.24, 2.45) is 4.99 Å². The average molecular weight is 233 g/mol. The molecular formula is C8H5FKN3S. The Bertz CT molecular complexity index is 358. The second-order valence-corrected chi connectivity index (χ2v) is 2.54. The summed E-state index contributed by atoms with van der Waals surface area (Å²) < 4.78 is 12.4. The summed E-state index contributed by atoms with van der Waals surface area (Å²) in [4.78, 5) is 3.27. The number of nitriles is 1. The minimum Gasteiger partial charge on any atom is -0.742 e. The van der Waals surface area contributed by atoms with E-state index in [1.54, 1.807) is 6.19 Å². The maximum atomic E-state index is 12.4. The van der Waals surface area contributed by atoms with Crippen LogP contribution in [0.2, 0.25) is 0 Å². The molecule has 0 heterocycles. The third-order valence-electron chi connectivity index (χ3n) is 1.25. The fraction of sp³-hybridized carbons (Fsp3) is 0. The predicted molar refractivity (Wildman–Crippen MR) is 50.4 cm³/mol. The zero-order chi connectivity index (χ0) is 9.68. The first-order valence-electron chi connectivity index (χ1n) is 3.39. The molecule has 6 heteroatoms. The molecule has 0 radical (unpaired) electrons. The van der Waals surface area contributed by atoms with Crippen molar-refractivity contribution in [3.05, 3.63) is 30.1 Å². The Morgan fingerprint density at radius 3 is 2.50 bits per heavy atom. The Morgan fingerprint density at radius 2 is 2.00 bits per heavy atom. The summed E-state index contributed by atoms with van der Waals surface area (Å²) in [6.07, 6.45) is 1.55. The molecule has 0 atom stereocenters. The molecule has 0 bridgehead atoms. The van der Waals surface area contributed by atoms with E-state index >= 15 is 0 Å². The van der Waals surface area contributed by atoms with Crippen molar-refractivity contribution in [3.63, 3.8) is 0 Å². The monoisotopic (exact) mass is 233 g/mol. The number of halogens is 1. The number of hydrogen-bond donors (Lipinski definition) is 1. The summed E-state index contributed by atoms with van der Waals surface area (Å²) in [6, 6.07) is 5.59. The summed E-state index contributed by atoms with van der Waals surface area (Å²) >= 11 is 4.67. The SMILES string of the molecule is N#C/N=C(\[S-])Nc1ccc(F)cc1.[K+]. The van der Waals surface area contributed by atoms with E-state index in [4.69, 9.17) is 5.26 Å². The number of nitrogens with zero attached hydrogens (tertiary/aromatic N) is 2. The van der Waals surface area contributed by atoms with E-state index in [1.165, 1.54) is 24.3 Å². The van der Waals surface area contributed by atoms with E-state index in [2.05, 4.69) is 22.9 Å². The summed E-state index contributed by atoms with van der Waals surface area (Å²) in [7, 11) is 0. The van der Waals surface area contributed by atoms with E-state index in [0.29, 0.717) is 5.69 Å². The standard InChI is InChI=1S/C8H6FN3S.K/c9-6-1-3-7(4-2-6)12-8(13)11-5-10;/h1-4H,(H2,11,12,13);/q;+1/p-1. The maximum absolute atomic E-state index is 12.4. The number of amidine groups is 1. The third kappa shape index (κ3) is 5.00. The van der Waals surface area contributed by atoms with Crippen molar-refractivity contribution in [1.82, 2.24) is 0 Å². The van der Waals surface area contributed by atoms with Gasteiger partial charge < -0.3 is 17.9 Å². The third-order valence-corrected chi connectivity index (χ3v) is 1.44. The molecule has 1 aromatic rings. The molecule has 0 aliphatic carbocycles. The van der Waals surface area contributed by atoms with Crippen LogP contribution in [0.1, 0.15) is 0 Å². The van der Waals surface area contributed by atoms with Crippen molar-refractivity contribution in [2.75, 3.05) is 5.32 Å². The molecule has 1 aromatic carbocycles. The smallest absolute Gasteiger partial charge is 0.742 e. The summed E-state index contributed by atoms with van der Waals surface area (Å²) in [5.74, 6) is -0.325. The number of hydrogen-bond acceptors (Lipinski definition) is 3. The van der Waals surface area contributed by atoms with Gasteiger partial charge >= 0.3 is 51.4 Å². The Hall–Kier alpha value is -0.0336.